The van der Waals surface area contributed by atoms with Crippen LogP contribution in [0, 0.1) is 26.2 Å². The molecule has 1 atom stereocenters. The molecular formula is C32H41N3O4. The van der Waals surface area contributed by atoms with E-state index in [1.165, 1.54) is 16.8 Å². The van der Waals surface area contributed by atoms with Crippen LogP contribution >= 0.6 is 0 Å². The number of hydrogen-bond acceptors (Lipinski definition) is 5. The summed E-state index contributed by atoms with van der Waals surface area (Å²) in [7, 11) is 0. The van der Waals surface area contributed by atoms with E-state index >= 15 is 0 Å². The highest BCUT2D eigenvalue weighted by Gasteiger charge is 2.48. The Kier molecular flexibility index (Phi) is 6.32. The van der Waals surface area contributed by atoms with Crippen LogP contribution in [0.15, 0.2) is 30.3 Å². The van der Waals surface area contributed by atoms with Crippen LogP contribution in [0.4, 0.5) is 5.69 Å². The average molecular weight is 532 g/mol. The van der Waals surface area contributed by atoms with E-state index in [1.54, 1.807) is 0 Å². The first-order valence-corrected chi connectivity index (χ1v) is 14.2. The van der Waals surface area contributed by atoms with Gasteiger partial charge in [-0.15, -0.1) is 0 Å². The van der Waals surface area contributed by atoms with Crippen molar-refractivity contribution in [3.05, 3.63) is 52.7 Å². The molecule has 4 heterocycles. The number of benzene rings is 2. The zero-order chi connectivity index (χ0) is 27.7. The number of ether oxygens (including phenoxy) is 2. The Balaban J connectivity index is 1.50. The minimum absolute atomic E-state index is 0.402. The van der Waals surface area contributed by atoms with Gasteiger partial charge in [0.25, 0.3) is 0 Å². The van der Waals surface area contributed by atoms with E-state index in [2.05, 4.69) is 65.5 Å². The Morgan fingerprint density at radius 2 is 1.77 bits per heavy atom. The van der Waals surface area contributed by atoms with Gasteiger partial charge >= 0.3 is 5.97 Å². The smallest absolute Gasteiger partial charge is 0.337 e. The second-order valence-electron chi connectivity index (χ2n) is 13.0. The van der Waals surface area contributed by atoms with Gasteiger partial charge in [-0.1, -0.05) is 29.8 Å². The van der Waals surface area contributed by atoms with Crippen LogP contribution in [-0.4, -0.2) is 72.1 Å². The summed E-state index contributed by atoms with van der Waals surface area (Å²) in [6, 6.07) is 10.7. The zero-order valence-electron chi connectivity index (χ0n) is 24.1. The topological polar surface area (TPSA) is 67.2 Å². The molecule has 7 nitrogen and oxygen atoms in total. The standard InChI is InChI=1S/C32H41N3O4/c1-20-7-9-23(10-8-20)26-24-15-21(2)35-14-13-34(12-11-33-16-32(17-33)18-38-19-32)27(28(24)35)22(3)25(26)29(30(36)37)39-31(4,5)6/h7-10,15,29H,11-14,16-19H2,1-6H3,(H,36,37)/t29-/m0/s1. The van der Waals surface area contributed by atoms with E-state index in [4.69, 9.17) is 9.47 Å². The lowest BCUT2D eigenvalue weighted by atomic mass is 9.78. The average Bonchev–Trinajstić information content (AvgIpc) is 3.14. The Hall–Kier alpha value is -2.87. The van der Waals surface area contributed by atoms with Crippen LogP contribution in [0.2, 0.25) is 0 Å². The molecular weight excluding hydrogens is 490 g/mol. The fourth-order valence-electron chi connectivity index (χ4n) is 6.83. The molecule has 0 unspecified atom stereocenters. The molecule has 1 spiro atoms. The second-order valence-corrected chi connectivity index (χ2v) is 13.0. The lowest BCUT2D eigenvalue weighted by Crippen LogP contribution is -2.66. The molecule has 0 aliphatic carbocycles. The Morgan fingerprint density at radius 1 is 1.08 bits per heavy atom. The molecule has 6 rings (SSSR count). The third-order valence-electron chi connectivity index (χ3n) is 8.65. The summed E-state index contributed by atoms with van der Waals surface area (Å²) in [5.41, 5.74) is 8.29. The third-order valence-corrected chi connectivity index (χ3v) is 8.65. The Labute approximate surface area is 231 Å². The number of aryl methyl sites for hydroxylation is 2. The molecule has 0 saturated carbocycles. The highest BCUT2D eigenvalue weighted by Crippen LogP contribution is 2.48. The predicted octanol–water partition coefficient (Wildman–Crippen LogP) is 5.33. The second kappa shape index (κ2) is 9.36. The highest BCUT2D eigenvalue weighted by molar-refractivity contribution is 6.07. The lowest BCUT2D eigenvalue weighted by molar-refractivity contribution is -0.188. The molecule has 1 N–H and O–H groups in total. The summed E-state index contributed by atoms with van der Waals surface area (Å²) >= 11 is 0. The van der Waals surface area contributed by atoms with Crippen LogP contribution in [-0.2, 0) is 20.8 Å². The van der Waals surface area contributed by atoms with Gasteiger partial charge in [-0.05, 0) is 64.3 Å². The summed E-state index contributed by atoms with van der Waals surface area (Å²) in [5.74, 6) is -0.958. The lowest BCUT2D eigenvalue weighted by Gasteiger charge is -2.55. The van der Waals surface area contributed by atoms with Crippen LogP contribution in [0.25, 0.3) is 22.0 Å². The number of aromatic nitrogens is 1. The molecule has 1 aromatic heterocycles. The first-order valence-electron chi connectivity index (χ1n) is 14.2. The van der Waals surface area contributed by atoms with Crippen molar-refractivity contribution in [3.8, 4) is 11.1 Å². The van der Waals surface area contributed by atoms with Gasteiger partial charge in [0.2, 0.25) is 0 Å². The minimum Gasteiger partial charge on any atom is -0.479 e. The number of hydrogen-bond donors (Lipinski definition) is 1. The molecule has 2 saturated heterocycles. The Morgan fingerprint density at radius 3 is 2.36 bits per heavy atom. The summed E-state index contributed by atoms with van der Waals surface area (Å²) in [6.45, 7) is 19.9. The maximum absolute atomic E-state index is 12.9. The molecule has 0 amide bonds. The number of carboxylic acid groups (broad SMARTS) is 1. The number of aliphatic carboxylic acids is 1. The maximum atomic E-state index is 12.9. The van der Waals surface area contributed by atoms with Gasteiger partial charge in [0, 0.05) is 61.3 Å². The molecule has 208 valence electrons. The van der Waals surface area contributed by atoms with Crippen molar-refractivity contribution in [2.24, 2.45) is 5.41 Å². The van der Waals surface area contributed by atoms with Gasteiger partial charge in [0.1, 0.15) is 0 Å². The minimum atomic E-state index is -1.08. The SMILES string of the molecule is Cc1ccc(-c2c([C@H](OC(C)(C)C)C(=O)O)c(C)c3c4c2cc(C)n4CCN3CCN2CC3(COC3)C2)cc1. The van der Waals surface area contributed by atoms with E-state index in [0.29, 0.717) is 5.41 Å². The van der Waals surface area contributed by atoms with E-state index in [0.717, 1.165) is 85.8 Å². The summed E-state index contributed by atoms with van der Waals surface area (Å²) < 4.78 is 14.2. The summed E-state index contributed by atoms with van der Waals surface area (Å²) in [5, 5.41) is 11.6. The van der Waals surface area contributed by atoms with E-state index < -0.39 is 17.7 Å². The van der Waals surface area contributed by atoms with Gasteiger partial charge in [-0.3, -0.25) is 0 Å². The largest absolute Gasteiger partial charge is 0.479 e. The number of nitrogens with zero attached hydrogens (tertiary/aromatic N) is 3. The van der Waals surface area contributed by atoms with Gasteiger partial charge in [-0.2, -0.15) is 0 Å². The van der Waals surface area contributed by atoms with Gasteiger partial charge < -0.3 is 28.9 Å². The van der Waals surface area contributed by atoms with Crippen molar-refractivity contribution in [1.82, 2.24) is 9.47 Å². The van der Waals surface area contributed by atoms with Crippen molar-refractivity contribution >= 4 is 22.6 Å². The number of carboxylic acids is 1. The molecule has 0 bridgehead atoms. The van der Waals surface area contributed by atoms with Crippen LogP contribution in [0.5, 0.6) is 0 Å². The first-order chi connectivity index (χ1) is 18.5. The highest BCUT2D eigenvalue weighted by atomic mass is 16.5. The van der Waals surface area contributed by atoms with Crippen molar-refractivity contribution in [2.45, 2.75) is 59.8 Å². The van der Waals surface area contributed by atoms with E-state index in [9.17, 15) is 9.90 Å². The summed E-state index contributed by atoms with van der Waals surface area (Å²) in [4.78, 5) is 17.9. The molecule has 3 aromatic rings. The number of carbonyl (C=O) groups is 1. The van der Waals surface area contributed by atoms with Crippen LogP contribution in [0.3, 0.4) is 0 Å². The van der Waals surface area contributed by atoms with Gasteiger partial charge in [0.15, 0.2) is 6.10 Å². The Bertz CT molecular complexity index is 1420. The molecule has 2 fully saturated rings. The predicted molar refractivity (Wildman–Crippen MR) is 155 cm³/mol. The zero-order valence-corrected chi connectivity index (χ0v) is 24.1. The van der Waals surface area contributed by atoms with Crippen LogP contribution in [0.1, 0.15) is 49.3 Å². The maximum Gasteiger partial charge on any atom is 0.337 e. The van der Waals surface area contributed by atoms with E-state index in [1.807, 2.05) is 20.8 Å². The van der Waals surface area contributed by atoms with Gasteiger partial charge in [0.05, 0.1) is 30.0 Å². The normalized spacial score (nSPS) is 19.3. The molecule has 2 aromatic carbocycles. The van der Waals surface area contributed by atoms with E-state index in [-0.39, 0.29) is 0 Å². The quantitative estimate of drug-likeness (QED) is 0.445. The van der Waals surface area contributed by atoms with Crippen molar-refractivity contribution < 1.29 is 19.4 Å². The summed E-state index contributed by atoms with van der Waals surface area (Å²) in [6.07, 6.45) is -1.08. The van der Waals surface area contributed by atoms with Crippen LogP contribution < -0.4 is 4.90 Å². The fourth-order valence-corrected chi connectivity index (χ4v) is 6.83. The van der Waals surface area contributed by atoms with Crippen molar-refractivity contribution in [3.63, 3.8) is 0 Å². The fraction of sp³-hybridized carbons (Fsp3) is 0.531. The third kappa shape index (κ3) is 4.54. The number of likely N-dealkylation sites (tertiary alicyclic amines) is 1. The van der Waals surface area contributed by atoms with Crippen molar-refractivity contribution in [2.75, 3.05) is 50.8 Å². The number of rotatable bonds is 7. The molecule has 0 radical (unpaired) electrons. The molecule has 3 aliphatic rings. The first kappa shape index (κ1) is 26.4. The van der Waals surface area contributed by atoms with Crippen molar-refractivity contribution in [1.29, 1.82) is 0 Å². The number of anilines is 1. The van der Waals surface area contributed by atoms with Gasteiger partial charge in [-0.25, -0.2) is 4.79 Å². The molecule has 7 heteroatoms. The monoisotopic (exact) mass is 531 g/mol. The molecule has 3 aliphatic heterocycles. The molecule has 39 heavy (non-hydrogen) atoms.